The Labute approximate surface area is 148 Å². The molecule has 3 nitrogen and oxygen atoms in total. The van der Waals surface area contributed by atoms with Crippen LogP contribution in [0.3, 0.4) is 0 Å². The van der Waals surface area contributed by atoms with Crippen molar-refractivity contribution in [3.05, 3.63) is 64.8 Å². The van der Waals surface area contributed by atoms with E-state index in [1.165, 1.54) is 17.4 Å². The molecule has 0 N–H and O–H groups in total. The van der Waals surface area contributed by atoms with Crippen molar-refractivity contribution in [1.29, 1.82) is 0 Å². The van der Waals surface area contributed by atoms with Gasteiger partial charge in [-0.25, -0.2) is 14.2 Å². The van der Waals surface area contributed by atoms with Gasteiger partial charge in [-0.05, 0) is 60.0 Å². The number of carbonyl (C=O) groups excluding carboxylic acids is 1. The standard InChI is InChI=1S/C20H15FNO2S/c1-3-24-20(23)18-11(2)22-19(25-18)14-8-13-6-7-15(21)10-17(13)16(9-14)12-4-5-12/h4-10H,3H2,1-2H3. The molecule has 0 saturated carbocycles. The fraction of sp³-hybridized carbons (Fsp3) is 0.150. The lowest BCUT2D eigenvalue weighted by Gasteiger charge is -2.07. The van der Waals surface area contributed by atoms with E-state index < -0.39 is 0 Å². The average molecular weight is 352 g/mol. The number of benzene rings is 2. The topological polar surface area (TPSA) is 39.2 Å². The highest BCUT2D eigenvalue weighted by molar-refractivity contribution is 7.17. The second-order valence-corrected chi connectivity index (χ2v) is 6.83. The van der Waals surface area contributed by atoms with Crippen LogP contribution in [-0.2, 0) is 4.74 Å². The van der Waals surface area contributed by atoms with Gasteiger partial charge in [-0.3, -0.25) is 0 Å². The summed E-state index contributed by atoms with van der Waals surface area (Å²) in [5.74, 6) is -0.595. The molecule has 0 spiro atoms. The van der Waals surface area contributed by atoms with E-state index in [0.29, 0.717) is 17.2 Å². The number of rotatable bonds is 4. The molecule has 0 saturated heterocycles. The molecular formula is C20H15FNO2S. The molecule has 0 amide bonds. The van der Waals surface area contributed by atoms with Gasteiger partial charge in [-0.15, -0.1) is 11.3 Å². The van der Waals surface area contributed by atoms with Gasteiger partial charge < -0.3 is 4.74 Å². The molecule has 1 aliphatic carbocycles. The Morgan fingerprint density at radius 2 is 2.08 bits per heavy atom. The third kappa shape index (κ3) is 2.96. The van der Waals surface area contributed by atoms with E-state index in [9.17, 15) is 9.18 Å². The SMILES string of the molecule is CCOC(=O)c1sc(-c2cc(C3=C[CH]3)c3cc(F)ccc3c2)nc1C. The van der Waals surface area contributed by atoms with Gasteiger partial charge in [-0.1, -0.05) is 12.1 Å². The Morgan fingerprint density at radius 1 is 1.28 bits per heavy atom. The van der Waals surface area contributed by atoms with Crippen LogP contribution in [-0.4, -0.2) is 17.6 Å². The van der Waals surface area contributed by atoms with E-state index in [1.807, 2.05) is 24.6 Å². The number of ether oxygens (including phenoxy) is 1. The van der Waals surface area contributed by atoms with Crippen molar-refractivity contribution in [3.63, 3.8) is 0 Å². The van der Waals surface area contributed by atoms with Crippen molar-refractivity contribution in [2.75, 3.05) is 6.61 Å². The highest BCUT2D eigenvalue weighted by Gasteiger charge is 2.20. The number of esters is 1. The molecule has 0 fully saturated rings. The number of thiazole rings is 1. The summed E-state index contributed by atoms with van der Waals surface area (Å²) in [6.07, 6.45) is 4.00. The Balaban J connectivity index is 1.85. The number of aromatic nitrogens is 1. The van der Waals surface area contributed by atoms with Crippen LogP contribution in [0.2, 0.25) is 0 Å². The first-order valence-corrected chi connectivity index (χ1v) is 8.82. The zero-order valence-electron chi connectivity index (χ0n) is 13.8. The summed E-state index contributed by atoms with van der Waals surface area (Å²) in [6, 6.07) is 8.77. The summed E-state index contributed by atoms with van der Waals surface area (Å²) in [6.45, 7) is 3.92. The van der Waals surface area contributed by atoms with Crippen LogP contribution in [0, 0.1) is 19.2 Å². The summed E-state index contributed by atoms with van der Waals surface area (Å²) in [7, 11) is 0. The van der Waals surface area contributed by atoms with E-state index in [-0.39, 0.29) is 11.8 Å². The van der Waals surface area contributed by atoms with E-state index in [2.05, 4.69) is 4.98 Å². The second kappa shape index (κ2) is 6.08. The first kappa shape index (κ1) is 16.0. The predicted octanol–water partition coefficient (Wildman–Crippen LogP) is 5.19. The van der Waals surface area contributed by atoms with Gasteiger partial charge in [0.2, 0.25) is 0 Å². The van der Waals surface area contributed by atoms with Crippen LogP contribution in [0.4, 0.5) is 4.39 Å². The van der Waals surface area contributed by atoms with Crippen LogP contribution >= 0.6 is 11.3 Å². The number of halogens is 1. The zero-order valence-corrected chi connectivity index (χ0v) is 14.6. The first-order valence-electron chi connectivity index (χ1n) is 8.00. The van der Waals surface area contributed by atoms with Crippen molar-refractivity contribution in [2.45, 2.75) is 13.8 Å². The molecule has 2 aromatic carbocycles. The number of aryl methyl sites for hydroxylation is 1. The van der Waals surface area contributed by atoms with Crippen molar-refractivity contribution < 1.29 is 13.9 Å². The molecule has 0 unspecified atom stereocenters. The largest absolute Gasteiger partial charge is 0.462 e. The average Bonchev–Trinajstić information content (AvgIpc) is 3.36. The molecule has 25 heavy (non-hydrogen) atoms. The highest BCUT2D eigenvalue weighted by atomic mass is 32.1. The molecular weight excluding hydrogens is 337 g/mol. The molecule has 0 aliphatic heterocycles. The van der Waals surface area contributed by atoms with Crippen molar-refractivity contribution >= 4 is 33.7 Å². The summed E-state index contributed by atoms with van der Waals surface area (Å²) in [5, 5.41) is 2.58. The lowest BCUT2D eigenvalue weighted by molar-refractivity contribution is 0.0531. The summed E-state index contributed by atoms with van der Waals surface area (Å²) in [4.78, 5) is 17.1. The number of fused-ring (bicyclic) bond motifs is 1. The highest BCUT2D eigenvalue weighted by Crippen LogP contribution is 2.39. The molecule has 1 aromatic heterocycles. The van der Waals surface area contributed by atoms with Crippen LogP contribution in [0.1, 0.15) is 27.9 Å². The molecule has 1 aliphatic rings. The molecule has 0 atom stereocenters. The Bertz CT molecular complexity index is 1040. The minimum Gasteiger partial charge on any atom is -0.462 e. The number of nitrogens with zero attached hydrogens (tertiary/aromatic N) is 1. The van der Waals surface area contributed by atoms with E-state index in [0.717, 1.165) is 32.5 Å². The predicted molar refractivity (Wildman–Crippen MR) is 98.0 cm³/mol. The Hall–Kier alpha value is -2.53. The quantitative estimate of drug-likeness (QED) is 0.607. The Morgan fingerprint density at radius 3 is 2.80 bits per heavy atom. The summed E-state index contributed by atoms with van der Waals surface area (Å²) in [5.41, 5.74) is 3.66. The molecule has 3 aromatic rings. The van der Waals surface area contributed by atoms with Gasteiger partial charge in [0, 0.05) is 12.0 Å². The monoisotopic (exact) mass is 352 g/mol. The van der Waals surface area contributed by atoms with Crippen LogP contribution in [0.25, 0.3) is 26.9 Å². The van der Waals surface area contributed by atoms with Gasteiger partial charge in [0.1, 0.15) is 15.7 Å². The van der Waals surface area contributed by atoms with E-state index in [1.54, 1.807) is 26.0 Å². The Kier molecular flexibility index (Phi) is 3.88. The van der Waals surface area contributed by atoms with Crippen molar-refractivity contribution in [1.82, 2.24) is 4.98 Å². The minimum atomic E-state index is -0.343. The third-order valence-electron chi connectivity index (χ3n) is 4.07. The second-order valence-electron chi connectivity index (χ2n) is 5.83. The van der Waals surface area contributed by atoms with Crippen LogP contribution in [0.15, 0.2) is 36.4 Å². The zero-order chi connectivity index (χ0) is 17.6. The van der Waals surface area contributed by atoms with Gasteiger partial charge in [0.05, 0.1) is 12.3 Å². The maximum Gasteiger partial charge on any atom is 0.350 e. The van der Waals surface area contributed by atoms with Gasteiger partial charge in [-0.2, -0.15) is 0 Å². The maximum atomic E-state index is 13.7. The molecule has 4 rings (SSSR count). The number of hydrogen-bond acceptors (Lipinski definition) is 4. The van der Waals surface area contributed by atoms with Crippen molar-refractivity contribution in [3.8, 4) is 10.6 Å². The fourth-order valence-electron chi connectivity index (χ4n) is 2.82. The van der Waals surface area contributed by atoms with Gasteiger partial charge in [0.15, 0.2) is 0 Å². The number of hydrogen-bond donors (Lipinski definition) is 0. The summed E-state index contributed by atoms with van der Waals surface area (Å²) < 4.78 is 18.7. The summed E-state index contributed by atoms with van der Waals surface area (Å²) >= 11 is 1.32. The maximum absolute atomic E-state index is 13.7. The molecule has 125 valence electrons. The number of allylic oxidation sites excluding steroid dienone is 2. The van der Waals surface area contributed by atoms with Crippen LogP contribution < -0.4 is 0 Å². The lowest BCUT2D eigenvalue weighted by Crippen LogP contribution is -2.03. The minimum absolute atomic E-state index is 0.252. The molecule has 1 radical (unpaired) electrons. The van der Waals surface area contributed by atoms with Crippen molar-refractivity contribution in [2.24, 2.45) is 0 Å². The van der Waals surface area contributed by atoms with E-state index in [4.69, 9.17) is 4.74 Å². The fourth-order valence-corrected chi connectivity index (χ4v) is 3.77. The third-order valence-corrected chi connectivity index (χ3v) is 5.25. The van der Waals surface area contributed by atoms with E-state index >= 15 is 0 Å². The normalized spacial score (nSPS) is 13.0. The molecule has 1 heterocycles. The molecule has 5 heteroatoms. The lowest BCUT2D eigenvalue weighted by atomic mass is 9.99. The number of carbonyl (C=O) groups is 1. The van der Waals surface area contributed by atoms with Crippen LogP contribution in [0.5, 0.6) is 0 Å². The molecule has 0 bridgehead atoms. The van der Waals surface area contributed by atoms with Gasteiger partial charge in [0.25, 0.3) is 0 Å². The smallest absolute Gasteiger partial charge is 0.350 e. The van der Waals surface area contributed by atoms with Gasteiger partial charge >= 0.3 is 5.97 Å². The first-order chi connectivity index (χ1) is 12.1.